The van der Waals surface area contributed by atoms with Crippen LogP contribution >= 0.6 is 0 Å². The molecule has 0 spiro atoms. The molecule has 0 bridgehead atoms. The average Bonchev–Trinajstić information content (AvgIpc) is 2.53. The van der Waals surface area contributed by atoms with Gasteiger partial charge in [0.2, 0.25) is 0 Å². The minimum atomic E-state index is -0.384. The minimum absolute atomic E-state index is 0.268. The summed E-state index contributed by atoms with van der Waals surface area (Å²) < 4.78 is 13.6. The number of aryl methyl sites for hydroxylation is 2. The number of hydrazone groups is 1. The SMILES string of the molecule is CCN/N=C\c1c(C)cccc1Nc1cc(C)c(F)cc1C#N. The van der Waals surface area contributed by atoms with Gasteiger partial charge in [0, 0.05) is 17.8 Å². The quantitative estimate of drug-likeness (QED) is 0.648. The summed E-state index contributed by atoms with van der Waals surface area (Å²) in [4.78, 5) is 0. The molecule has 0 radical (unpaired) electrons. The topological polar surface area (TPSA) is 60.2 Å². The summed E-state index contributed by atoms with van der Waals surface area (Å²) in [7, 11) is 0. The summed E-state index contributed by atoms with van der Waals surface area (Å²) in [5.74, 6) is -0.384. The van der Waals surface area contributed by atoms with Crippen LogP contribution in [0.1, 0.15) is 29.2 Å². The summed E-state index contributed by atoms with van der Waals surface area (Å²) >= 11 is 0. The summed E-state index contributed by atoms with van der Waals surface area (Å²) in [5, 5.41) is 16.6. The summed E-state index contributed by atoms with van der Waals surface area (Å²) in [6.45, 7) is 6.36. The van der Waals surface area contributed by atoms with Crippen LogP contribution in [-0.2, 0) is 0 Å². The van der Waals surface area contributed by atoms with Crippen molar-refractivity contribution in [1.82, 2.24) is 5.43 Å². The van der Waals surface area contributed by atoms with Gasteiger partial charge in [-0.3, -0.25) is 0 Å². The van der Waals surface area contributed by atoms with Gasteiger partial charge in [0.15, 0.2) is 0 Å². The third-order valence-electron chi connectivity index (χ3n) is 3.46. The molecule has 2 N–H and O–H groups in total. The van der Waals surface area contributed by atoms with E-state index in [4.69, 9.17) is 0 Å². The molecular formula is C18H19FN4. The molecule has 0 heterocycles. The van der Waals surface area contributed by atoms with E-state index in [0.717, 1.165) is 23.4 Å². The Morgan fingerprint density at radius 2 is 2.00 bits per heavy atom. The van der Waals surface area contributed by atoms with Gasteiger partial charge in [-0.05, 0) is 50.1 Å². The lowest BCUT2D eigenvalue weighted by atomic mass is 10.1. The van der Waals surface area contributed by atoms with Gasteiger partial charge >= 0.3 is 0 Å². The molecule has 0 amide bonds. The molecule has 0 fully saturated rings. The highest BCUT2D eigenvalue weighted by Gasteiger charge is 2.10. The van der Waals surface area contributed by atoms with Gasteiger partial charge in [-0.25, -0.2) is 4.39 Å². The maximum Gasteiger partial charge on any atom is 0.127 e. The Labute approximate surface area is 135 Å². The Morgan fingerprint density at radius 3 is 2.70 bits per heavy atom. The van der Waals surface area contributed by atoms with E-state index >= 15 is 0 Å². The smallest absolute Gasteiger partial charge is 0.127 e. The van der Waals surface area contributed by atoms with E-state index in [1.165, 1.54) is 6.07 Å². The van der Waals surface area contributed by atoms with Crippen molar-refractivity contribution in [2.75, 3.05) is 11.9 Å². The van der Waals surface area contributed by atoms with Gasteiger partial charge in [0.25, 0.3) is 0 Å². The van der Waals surface area contributed by atoms with E-state index in [9.17, 15) is 9.65 Å². The number of hydrogen-bond donors (Lipinski definition) is 2. The van der Waals surface area contributed by atoms with Gasteiger partial charge in [-0.1, -0.05) is 12.1 Å². The Morgan fingerprint density at radius 1 is 1.22 bits per heavy atom. The van der Waals surface area contributed by atoms with Crippen LogP contribution in [0, 0.1) is 31.0 Å². The number of anilines is 2. The molecule has 0 aromatic heterocycles. The molecule has 2 aromatic rings. The normalized spacial score (nSPS) is 10.6. The number of nitrogens with zero attached hydrogens (tertiary/aromatic N) is 2. The molecule has 0 aliphatic rings. The van der Waals surface area contributed by atoms with Gasteiger partial charge < -0.3 is 10.7 Å². The van der Waals surface area contributed by atoms with Crippen LogP contribution in [-0.4, -0.2) is 12.8 Å². The van der Waals surface area contributed by atoms with Gasteiger partial charge in [0.05, 0.1) is 17.5 Å². The number of hydrogen-bond acceptors (Lipinski definition) is 4. The van der Waals surface area contributed by atoms with Crippen LogP contribution in [0.3, 0.4) is 0 Å². The second-order valence-electron chi connectivity index (χ2n) is 5.19. The zero-order chi connectivity index (χ0) is 16.8. The number of nitrogens with one attached hydrogen (secondary N) is 2. The highest BCUT2D eigenvalue weighted by molar-refractivity contribution is 5.91. The van der Waals surface area contributed by atoms with Crippen LogP contribution < -0.4 is 10.7 Å². The van der Waals surface area contributed by atoms with Crippen molar-refractivity contribution in [1.29, 1.82) is 5.26 Å². The molecule has 23 heavy (non-hydrogen) atoms. The van der Waals surface area contributed by atoms with E-state index in [1.807, 2.05) is 38.1 Å². The number of nitriles is 1. The predicted molar refractivity (Wildman–Crippen MR) is 91.6 cm³/mol. The van der Waals surface area contributed by atoms with Gasteiger partial charge in [0.1, 0.15) is 11.9 Å². The Kier molecular flexibility index (Phi) is 5.32. The van der Waals surface area contributed by atoms with Crippen LogP contribution in [0.5, 0.6) is 0 Å². The van der Waals surface area contributed by atoms with E-state index < -0.39 is 0 Å². The lowest BCUT2D eigenvalue weighted by molar-refractivity contribution is 0.618. The predicted octanol–water partition coefficient (Wildman–Crippen LogP) is 4.00. The first-order valence-corrected chi connectivity index (χ1v) is 7.39. The van der Waals surface area contributed by atoms with Crippen LogP contribution in [0.4, 0.5) is 15.8 Å². The average molecular weight is 310 g/mol. The molecule has 2 rings (SSSR count). The highest BCUT2D eigenvalue weighted by atomic mass is 19.1. The fraction of sp³-hybridized carbons (Fsp3) is 0.222. The largest absolute Gasteiger partial charge is 0.354 e. The van der Waals surface area contributed by atoms with Crippen molar-refractivity contribution >= 4 is 17.6 Å². The van der Waals surface area contributed by atoms with Crippen molar-refractivity contribution in [2.24, 2.45) is 5.10 Å². The molecule has 4 nitrogen and oxygen atoms in total. The zero-order valence-electron chi connectivity index (χ0n) is 13.4. The van der Waals surface area contributed by atoms with Gasteiger partial charge in [-0.2, -0.15) is 10.4 Å². The molecule has 5 heteroatoms. The lowest BCUT2D eigenvalue weighted by Gasteiger charge is -2.14. The number of halogens is 1. The summed E-state index contributed by atoms with van der Waals surface area (Å²) in [6, 6.07) is 10.7. The Bertz CT molecular complexity index is 775. The van der Waals surface area contributed by atoms with E-state index in [1.54, 1.807) is 19.2 Å². The minimum Gasteiger partial charge on any atom is -0.354 e. The first-order valence-electron chi connectivity index (χ1n) is 7.39. The Balaban J connectivity index is 2.43. The van der Waals surface area contributed by atoms with Crippen molar-refractivity contribution in [3.63, 3.8) is 0 Å². The van der Waals surface area contributed by atoms with Crippen molar-refractivity contribution in [3.8, 4) is 6.07 Å². The molecular weight excluding hydrogens is 291 g/mol. The van der Waals surface area contributed by atoms with Crippen LogP contribution in [0.15, 0.2) is 35.4 Å². The zero-order valence-corrected chi connectivity index (χ0v) is 13.4. The fourth-order valence-corrected chi connectivity index (χ4v) is 2.19. The van der Waals surface area contributed by atoms with Crippen LogP contribution in [0.25, 0.3) is 0 Å². The van der Waals surface area contributed by atoms with Crippen molar-refractivity contribution < 1.29 is 4.39 Å². The van der Waals surface area contributed by atoms with Gasteiger partial charge in [-0.15, -0.1) is 0 Å². The van der Waals surface area contributed by atoms with E-state index in [-0.39, 0.29) is 11.4 Å². The molecule has 0 aliphatic carbocycles. The lowest BCUT2D eigenvalue weighted by Crippen LogP contribution is -2.05. The van der Waals surface area contributed by atoms with E-state index in [2.05, 4.69) is 15.8 Å². The first kappa shape index (κ1) is 16.5. The monoisotopic (exact) mass is 310 g/mol. The van der Waals surface area contributed by atoms with Crippen LogP contribution in [0.2, 0.25) is 0 Å². The second kappa shape index (κ2) is 7.41. The molecule has 2 aromatic carbocycles. The van der Waals surface area contributed by atoms with E-state index in [0.29, 0.717) is 11.3 Å². The molecule has 0 unspecified atom stereocenters. The Hall–Kier alpha value is -2.87. The molecule has 118 valence electrons. The number of rotatable bonds is 5. The third kappa shape index (κ3) is 3.86. The molecule has 0 aliphatic heterocycles. The highest BCUT2D eigenvalue weighted by Crippen LogP contribution is 2.26. The molecule has 0 atom stereocenters. The van der Waals surface area contributed by atoms with Crippen molar-refractivity contribution in [3.05, 3.63) is 58.4 Å². The fourth-order valence-electron chi connectivity index (χ4n) is 2.19. The first-order chi connectivity index (χ1) is 11.1. The van der Waals surface area contributed by atoms with Crippen molar-refractivity contribution in [2.45, 2.75) is 20.8 Å². The number of benzene rings is 2. The standard InChI is InChI=1S/C18H19FN4/c1-4-21-22-11-15-12(2)6-5-7-17(15)23-18-8-13(3)16(19)9-14(18)10-20/h5-9,11,21,23H,4H2,1-3H3/b22-11-. The maximum absolute atomic E-state index is 13.6. The summed E-state index contributed by atoms with van der Waals surface area (Å²) in [5.41, 5.74) is 7.01. The summed E-state index contributed by atoms with van der Waals surface area (Å²) in [6.07, 6.45) is 1.74. The maximum atomic E-state index is 13.6. The second-order valence-corrected chi connectivity index (χ2v) is 5.19. The third-order valence-corrected chi connectivity index (χ3v) is 3.46. The molecule has 0 saturated carbocycles. The molecule has 0 saturated heterocycles.